The Hall–Kier alpha value is -1.12. The van der Waals surface area contributed by atoms with E-state index in [9.17, 15) is 4.79 Å². The maximum atomic E-state index is 11.5. The zero-order valence-corrected chi connectivity index (χ0v) is 11.4. The SMILES string of the molecule is Cc1cc(C)cc(-c2ccc(C(=O)CCl)s2)c1. The summed E-state index contributed by atoms with van der Waals surface area (Å²) in [6, 6.07) is 10.2. The molecule has 0 N–H and O–H groups in total. The second-order valence-electron chi connectivity index (χ2n) is 4.10. The molecule has 0 saturated carbocycles. The Kier molecular flexibility index (Phi) is 3.65. The van der Waals surface area contributed by atoms with Gasteiger partial charge >= 0.3 is 0 Å². The van der Waals surface area contributed by atoms with Crippen molar-refractivity contribution in [1.82, 2.24) is 0 Å². The van der Waals surface area contributed by atoms with Crippen molar-refractivity contribution >= 4 is 28.7 Å². The van der Waals surface area contributed by atoms with Gasteiger partial charge in [-0.25, -0.2) is 0 Å². The van der Waals surface area contributed by atoms with Crippen LogP contribution in [0.3, 0.4) is 0 Å². The highest BCUT2D eigenvalue weighted by atomic mass is 35.5. The van der Waals surface area contributed by atoms with E-state index in [-0.39, 0.29) is 11.7 Å². The van der Waals surface area contributed by atoms with Crippen LogP contribution in [0.25, 0.3) is 10.4 Å². The third-order valence-corrected chi connectivity index (χ3v) is 3.93. The largest absolute Gasteiger partial charge is 0.292 e. The third kappa shape index (κ3) is 2.76. The van der Waals surface area contributed by atoms with Gasteiger partial charge in [-0.15, -0.1) is 22.9 Å². The Labute approximate surface area is 110 Å². The van der Waals surface area contributed by atoms with Crippen LogP contribution in [0.4, 0.5) is 0 Å². The zero-order valence-electron chi connectivity index (χ0n) is 9.79. The number of alkyl halides is 1. The molecule has 88 valence electrons. The number of benzene rings is 1. The summed E-state index contributed by atoms with van der Waals surface area (Å²) in [4.78, 5) is 13.3. The molecule has 1 aromatic carbocycles. The molecule has 2 rings (SSSR count). The maximum Gasteiger partial charge on any atom is 0.187 e. The molecule has 0 atom stereocenters. The van der Waals surface area contributed by atoms with E-state index in [2.05, 4.69) is 32.0 Å². The van der Waals surface area contributed by atoms with Crippen molar-refractivity contribution < 1.29 is 4.79 Å². The average Bonchev–Trinajstić information content (AvgIpc) is 2.76. The number of ketones is 1. The first-order valence-electron chi connectivity index (χ1n) is 5.38. The average molecular weight is 265 g/mol. The number of aryl methyl sites for hydroxylation is 2. The molecule has 0 bridgehead atoms. The highest BCUT2D eigenvalue weighted by molar-refractivity contribution is 7.17. The summed E-state index contributed by atoms with van der Waals surface area (Å²) in [7, 11) is 0. The Morgan fingerprint density at radius 3 is 2.41 bits per heavy atom. The lowest BCUT2D eigenvalue weighted by Gasteiger charge is -2.02. The molecule has 0 unspecified atom stereocenters. The molecule has 0 radical (unpaired) electrons. The Morgan fingerprint density at radius 1 is 1.18 bits per heavy atom. The highest BCUT2D eigenvalue weighted by Crippen LogP contribution is 2.29. The Bertz CT molecular complexity index is 537. The van der Waals surface area contributed by atoms with E-state index in [4.69, 9.17) is 11.6 Å². The first-order chi connectivity index (χ1) is 8.10. The predicted molar refractivity (Wildman–Crippen MR) is 74.3 cm³/mol. The number of carbonyl (C=O) groups excluding carboxylic acids is 1. The summed E-state index contributed by atoms with van der Waals surface area (Å²) in [6.45, 7) is 4.16. The monoisotopic (exact) mass is 264 g/mol. The van der Waals surface area contributed by atoms with Gasteiger partial charge in [0.2, 0.25) is 0 Å². The van der Waals surface area contributed by atoms with Crippen molar-refractivity contribution in [2.45, 2.75) is 13.8 Å². The number of carbonyl (C=O) groups is 1. The van der Waals surface area contributed by atoms with Crippen molar-refractivity contribution in [1.29, 1.82) is 0 Å². The molecule has 1 nitrogen and oxygen atoms in total. The number of thiophene rings is 1. The molecular formula is C14H13ClOS. The second-order valence-corrected chi connectivity index (χ2v) is 5.45. The standard InChI is InChI=1S/C14H13ClOS/c1-9-5-10(2)7-11(6-9)13-3-4-14(17-13)12(16)8-15/h3-7H,8H2,1-2H3. The molecule has 0 amide bonds. The summed E-state index contributed by atoms with van der Waals surface area (Å²) in [5.74, 6) is 0.0413. The van der Waals surface area contributed by atoms with Crippen molar-refractivity contribution in [3.8, 4) is 10.4 Å². The van der Waals surface area contributed by atoms with E-state index in [1.165, 1.54) is 28.0 Å². The van der Waals surface area contributed by atoms with Crippen molar-refractivity contribution in [3.63, 3.8) is 0 Å². The van der Waals surface area contributed by atoms with E-state index in [0.29, 0.717) is 0 Å². The smallest absolute Gasteiger partial charge is 0.187 e. The van der Waals surface area contributed by atoms with Crippen molar-refractivity contribution in [2.75, 3.05) is 5.88 Å². The fraction of sp³-hybridized carbons (Fsp3) is 0.214. The third-order valence-electron chi connectivity index (χ3n) is 2.51. The van der Waals surface area contributed by atoms with Crippen LogP contribution in [0.1, 0.15) is 20.8 Å². The molecule has 0 aliphatic carbocycles. The van der Waals surface area contributed by atoms with Crippen LogP contribution in [0.2, 0.25) is 0 Å². The number of rotatable bonds is 3. The normalized spacial score (nSPS) is 10.5. The first kappa shape index (κ1) is 12.3. The second kappa shape index (κ2) is 5.03. The molecule has 0 saturated heterocycles. The van der Waals surface area contributed by atoms with Gasteiger partial charge in [-0.05, 0) is 31.5 Å². The van der Waals surface area contributed by atoms with Gasteiger partial charge < -0.3 is 0 Å². The van der Waals surface area contributed by atoms with Gasteiger partial charge in [-0.1, -0.05) is 29.3 Å². The number of Topliss-reactive ketones (excluding diaryl/α,β-unsaturated/α-hetero) is 1. The van der Waals surface area contributed by atoms with Gasteiger partial charge in [0, 0.05) is 4.88 Å². The molecule has 1 aromatic heterocycles. The minimum atomic E-state index is -0.00714. The number of hydrogen-bond donors (Lipinski definition) is 0. The van der Waals surface area contributed by atoms with Gasteiger partial charge in [0.15, 0.2) is 5.78 Å². The predicted octanol–water partition coefficient (Wildman–Crippen LogP) is 4.45. The fourth-order valence-corrected chi connectivity index (χ4v) is 2.98. The van der Waals surface area contributed by atoms with E-state index < -0.39 is 0 Å². The summed E-state index contributed by atoms with van der Waals surface area (Å²) in [5, 5.41) is 0. The van der Waals surface area contributed by atoms with Gasteiger partial charge in [0.1, 0.15) is 0 Å². The zero-order chi connectivity index (χ0) is 12.4. The fourth-order valence-electron chi connectivity index (χ4n) is 1.83. The molecule has 0 aliphatic heterocycles. The topological polar surface area (TPSA) is 17.1 Å². The van der Waals surface area contributed by atoms with Crippen LogP contribution in [0.15, 0.2) is 30.3 Å². The van der Waals surface area contributed by atoms with Crippen LogP contribution < -0.4 is 0 Å². The molecular weight excluding hydrogens is 252 g/mol. The van der Waals surface area contributed by atoms with E-state index >= 15 is 0 Å². The van der Waals surface area contributed by atoms with Crippen molar-refractivity contribution in [3.05, 3.63) is 46.3 Å². The summed E-state index contributed by atoms with van der Waals surface area (Å²) < 4.78 is 0. The van der Waals surface area contributed by atoms with E-state index in [1.54, 1.807) is 0 Å². The molecule has 3 heteroatoms. The maximum absolute atomic E-state index is 11.5. The first-order valence-corrected chi connectivity index (χ1v) is 6.73. The van der Waals surface area contributed by atoms with Gasteiger partial charge in [0.25, 0.3) is 0 Å². The number of halogens is 1. The molecule has 0 aliphatic rings. The molecule has 17 heavy (non-hydrogen) atoms. The van der Waals surface area contributed by atoms with Gasteiger partial charge in [-0.2, -0.15) is 0 Å². The summed E-state index contributed by atoms with van der Waals surface area (Å²) in [5.41, 5.74) is 3.64. The summed E-state index contributed by atoms with van der Waals surface area (Å²) in [6.07, 6.45) is 0. The minimum absolute atomic E-state index is 0.00714. The minimum Gasteiger partial charge on any atom is -0.292 e. The molecule has 1 heterocycles. The highest BCUT2D eigenvalue weighted by Gasteiger charge is 2.09. The van der Waals surface area contributed by atoms with E-state index in [1.807, 2.05) is 12.1 Å². The number of hydrogen-bond acceptors (Lipinski definition) is 2. The van der Waals surface area contributed by atoms with E-state index in [0.717, 1.165) is 9.75 Å². The van der Waals surface area contributed by atoms with Gasteiger partial charge in [-0.3, -0.25) is 4.79 Å². The Morgan fingerprint density at radius 2 is 1.82 bits per heavy atom. The lowest BCUT2D eigenvalue weighted by atomic mass is 10.1. The van der Waals surface area contributed by atoms with Crippen LogP contribution >= 0.6 is 22.9 Å². The van der Waals surface area contributed by atoms with Crippen LogP contribution in [0, 0.1) is 13.8 Å². The molecule has 0 spiro atoms. The summed E-state index contributed by atoms with van der Waals surface area (Å²) >= 11 is 7.05. The van der Waals surface area contributed by atoms with Gasteiger partial charge in [0.05, 0.1) is 10.8 Å². The lowest BCUT2D eigenvalue weighted by molar-refractivity contribution is 0.102. The Balaban J connectivity index is 2.40. The lowest BCUT2D eigenvalue weighted by Crippen LogP contribution is -1.95. The van der Waals surface area contributed by atoms with Crippen LogP contribution in [0.5, 0.6) is 0 Å². The molecule has 2 aromatic rings. The van der Waals surface area contributed by atoms with Crippen LogP contribution in [-0.2, 0) is 0 Å². The van der Waals surface area contributed by atoms with Crippen molar-refractivity contribution in [2.24, 2.45) is 0 Å². The quantitative estimate of drug-likeness (QED) is 0.591. The van der Waals surface area contributed by atoms with Crippen LogP contribution in [-0.4, -0.2) is 11.7 Å². The molecule has 0 fully saturated rings.